The first kappa shape index (κ1) is 18.7. The van der Waals surface area contributed by atoms with Crippen molar-refractivity contribution in [2.75, 3.05) is 4.72 Å². The Kier molecular flexibility index (Phi) is 4.97. The SMILES string of the molecule is O=c1sc2cc(S(=O)(=O)Nc3cccc(Cl)c3)ccc2n1Cc1ccccc1. The van der Waals surface area contributed by atoms with Gasteiger partial charge >= 0.3 is 4.87 Å². The number of nitrogens with zero attached hydrogens (tertiary/aromatic N) is 1. The van der Waals surface area contributed by atoms with Gasteiger partial charge in [-0.3, -0.25) is 14.1 Å². The van der Waals surface area contributed by atoms with Crippen molar-refractivity contribution in [3.63, 3.8) is 0 Å². The number of fused-ring (bicyclic) bond motifs is 1. The Bertz CT molecular complexity index is 1310. The summed E-state index contributed by atoms with van der Waals surface area (Å²) in [6.07, 6.45) is 0. The number of nitrogens with one attached hydrogen (secondary N) is 1. The van der Waals surface area contributed by atoms with Gasteiger partial charge in [0.25, 0.3) is 10.0 Å². The molecule has 0 amide bonds. The average molecular weight is 431 g/mol. The van der Waals surface area contributed by atoms with Gasteiger partial charge in [0, 0.05) is 5.02 Å². The van der Waals surface area contributed by atoms with Crippen LogP contribution in [0.3, 0.4) is 0 Å². The van der Waals surface area contributed by atoms with Crippen molar-refractivity contribution in [1.82, 2.24) is 4.57 Å². The van der Waals surface area contributed by atoms with Gasteiger partial charge in [0.05, 0.1) is 27.3 Å². The summed E-state index contributed by atoms with van der Waals surface area (Å²) in [6, 6.07) is 20.8. The minimum Gasteiger partial charge on any atom is -0.294 e. The maximum Gasteiger partial charge on any atom is 0.308 e. The van der Waals surface area contributed by atoms with E-state index in [9.17, 15) is 13.2 Å². The summed E-state index contributed by atoms with van der Waals surface area (Å²) in [7, 11) is -3.80. The van der Waals surface area contributed by atoms with E-state index in [1.807, 2.05) is 30.3 Å². The number of rotatable bonds is 5. The highest BCUT2D eigenvalue weighted by atomic mass is 35.5. The fraction of sp³-hybridized carbons (Fsp3) is 0.0500. The molecule has 0 radical (unpaired) electrons. The Morgan fingerprint density at radius 3 is 2.50 bits per heavy atom. The molecule has 0 saturated carbocycles. The standard InChI is InChI=1S/C20H15ClN2O3S2/c21-15-7-4-8-16(11-15)22-28(25,26)17-9-10-18-19(12-17)27-20(24)23(18)13-14-5-2-1-3-6-14/h1-12,22H,13H2. The monoisotopic (exact) mass is 430 g/mol. The second kappa shape index (κ2) is 7.43. The van der Waals surface area contributed by atoms with Gasteiger partial charge < -0.3 is 0 Å². The van der Waals surface area contributed by atoms with Crippen LogP contribution in [0.5, 0.6) is 0 Å². The molecule has 1 aromatic heterocycles. The predicted octanol–water partition coefficient (Wildman–Crippen LogP) is 4.57. The third kappa shape index (κ3) is 3.82. The van der Waals surface area contributed by atoms with Crippen LogP contribution in [0.15, 0.2) is 82.5 Å². The van der Waals surface area contributed by atoms with Crippen LogP contribution in [-0.4, -0.2) is 13.0 Å². The zero-order valence-electron chi connectivity index (χ0n) is 14.5. The van der Waals surface area contributed by atoms with E-state index in [1.54, 1.807) is 28.8 Å². The Morgan fingerprint density at radius 2 is 1.75 bits per heavy atom. The molecule has 4 aromatic rings. The molecule has 4 rings (SSSR count). The van der Waals surface area contributed by atoms with E-state index in [2.05, 4.69) is 4.72 Å². The first-order chi connectivity index (χ1) is 13.4. The number of hydrogen-bond acceptors (Lipinski definition) is 4. The molecule has 0 aliphatic heterocycles. The lowest BCUT2D eigenvalue weighted by Crippen LogP contribution is -2.14. The molecule has 0 fully saturated rings. The van der Waals surface area contributed by atoms with Crippen LogP contribution >= 0.6 is 22.9 Å². The predicted molar refractivity (Wildman–Crippen MR) is 114 cm³/mol. The number of aromatic nitrogens is 1. The van der Waals surface area contributed by atoms with Crippen molar-refractivity contribution in [3.8, 4) is 0 Å². The second-order valence-electron chi connectivity index (χ2n) is 6.19. The van der Waals surface area contributed by atoms with Gasteiger partial charge in [-0.05, 0) is 42.0 Å². The van der Waals surface area contributed by atoms with Crippen LogP contribution < -0.4 is 9.60 Å². The van der Waals surface area contributed by atoms with E-state index in [-0.39, 0.29) is 9.77 Å². The molecular weight excluding hydrogens is 416 g/mol. The Labute approximate surface area is 170 Å². The van der Waals surface area contributed by atoms with E-state index in [0.717, 1.165) is 16.9 Å². The zero-order chi connectivity index (χ0) is 19.7. The summed E-state index contributed by atoms with van der Waals surface area (Å²) in [5.41, 5.74) is 2.09. The molecule has 28 heavy (non-hydrogen) atoms. The molecule has 5 nitrogen and oxygen atoms in total. The number of benzene rings is 3. The number of halogens is 1. The van der Waals surface area contributed by atoms with Crippen LogP contribution in [0.2, 0.25) is 5.02 Å². The highest BCUT2D eigenvalue weighted by molar-refractivity contribution is 7.92. The van der Waals surface area contributed by atoms with Crippen LogP contribution in [0.25, 0.3) is 10.2 Å². The Hall–Kier alpha value is -2.61. The number of anilines is 1. The normalized spacial score (nSPS) is 11.6. The highest BCUT2D eigenvalue weighted by Gasteiger charge is 2.17. The quantitative estimate of drug-likeness (QED) is 0.504. The van der Waals surface area contributed by atoms with Crippen LogP contribution in [0.1, 0.15) is 5.56 Å². The fourth-order valence-electron chi connectivity index (χ4n) is 2.90. The maximum absolute atomic E-state index is 12.7. The van der Waals surface area contributed by atoms with Crippen LogP contribution in [0.4, 0.5) is 5.69 Å². The average Bonchev–Trinajstić information content (AvgIpc) is 2.97. The van der Waals surface area contributed by atoms with Crippen molar-refractivity contribution in [3.05, 3.63) is 93.0 Å². The molecule has 0 saturated heterocycles. The fourth-order valence-corrected chi connectivity index (χ4v) is 5.17. The van der Waals surface area contributed by atoms with Crippen molar-refractivity contribution in [1.29, 1.82) is 0 Å². The molecule has 142 valence electrons. The highest BCUT2D eigenvalue weighted by Crippen LogP contribution is 2.25. The lowest BCUT2D eigenvalue weighted by atomic mass is 10.2. The molecule has 0 spiro atoms. The topological polar surface area (TPSA) is 68.2 Å². The third-order valence-corrected chi connectivity index (χ3v) is 6.77. The first-order valence-corrected chi connectivity index (χ1v) is 11.1. The summed E-state index contributed by atoms with van der Waals surface area (Å²) >= 11 is 6.94. The molecule has 0 aliphatic carbocycles. The summed E-state index contributed by atoms with van der Waals surface area (Å²) in [6.45, 7) is 0.437. The van der Waals surface area contributed by atoms with Crippen molar-refractivity contribution < 1.29 is 8.42 Å². The molecule has 8 heteroatoms. The largest absolute Gasteiger partial charge is 0.308 e. The minimum absolute atomic E-state index is 0.0908. The van der Waals surface area contributed by atoms with Gasteiger partial charge in [-0.1, -0.05) is 59.3 Å². The molecular formula is C20H15ClN2O3S2. The lowest BCUT2D eigenvalue weighted by molar-refractivity contribution is 0.601. The van der Waals surface area contributed by atoms with E-state index in [0.29, 0.717) is 27.5 Å². The minimum atomic E-state index is -3.80. The molecule has 1 heterocycles. The maximum atomic E-state index is 12.7. The Balaban J connectivity index is 1.69. The Morgan fingerprint density at radius 1 is 0.964 bits per heavy atom. The van der Waals surface area contributed by atoms with Gasteiger partial charge in [0.2, 0.25) is 0 Å². The number of thiazole rings is 1. The van der Waals surface area contributed by atoms with Gasteiger partial charge in [0.1, 0.15) is 0 Å². The zero-order valence-corrected chi connectivity index (χ0v) is 16.9. The molecule has 1 N–H and O–H groups in total. The lowest BCUT2D eigenvalue weighted by Gasteiger charge is -2.09. The summed E-state index contributed by atoms with van der Waals surface area (Å²) < 4.78 is 30.2. The third-order valence-electron chi connectivity index (χ3n) is 4.21. The van der Waals surface area contributed by atoms with E-state index < -0.39 is 10.0 Å². The number of hydrogen-bond donors (Lipinski definition) is 1. The second-order valence-corrected chi connectivity index (χ2v) is 9.30. The molecule has 0 atom stereocenters. The van der Waals surface area contributed by atoms with E-state index >= 15 is 0 Å². The van der Waals surface area contributed by atoms with E-state index in [4.69, 9.17) is 11.6 Å². The molecule has 0 unspecified atom stereocenters. The summed E-state index contributed by atoms with van der Waals surface area (Å²) in [5.74, 6) is 0. The van der Waals surface area contributed by atoms with Crippen molar-refractivity contribution >= 4 is 48.9 Å². The molecule has 3 aromatic carbocycles. The van der Waals surface area contributed by atoms with Gasteiger partial charge in [-0.25, -0.2) is 8.42 Å². The van der Waals surface area contributed by atoms with Crippen molar-refractivity contribution in [2.24, 2.45) is 0 Å². The van der Waals surface area contributed by atoms with Gasteiger partial charge in [0.15, 0.2) is 0 Å². The van der Waals surface area contributed by atoms with Crippen LogP contribution in [-0.2, 0) is 16.6 Å². The first-order valence-electron chi connectivity index (χ1n) is 8.38. The van der Waals surface area contributed by atoms with Gasteiger partial charge in [-0.15, -0.1) is 0 Å². The smallest absolute Gasteiger partial charge is 0.294 e. The molecule has 0 bridgehead atoms. The van der Waals surface area contributed by atoms with E-state index in [1.165, 1.54) is 18.2 Å². The summed E-state index contributed by atoms with van der Waals surface area (Å²) in [5, 5.41) is 0.437. The van der Waals surface area contributed by atoms with Crippen LogP contribution in [0, 0.1) is 0 Å². The van der Waals surface area contributed by atoms with Gasteiger partial charge in [-0.2, -0.15) is 0 Å². The van der Waals surface area contributed by atoms with Crippen molar-refractivity contribution in [2.45, 2.75) is 11.4 Å². The molecule has 0 aliphatic rings. The summed E-state index contributed by atoms with van der Waals surface area (Å²) in [4.78, 5) is 12.4. The number of sulfonamides is 1.